The molecule has 1 atom stereocenters. The van der Waals surface area contributed by atoms with Crippen LogP contribution >= 0.6 is 0 Å². The van der Waals surface area contributed by atoms with Crippen molar-refractivity contribution in [3.05, 3.63) is 66.4 Å². The maximum atomic E-state index is 12.6. The average molecular weight is 352 g/mol. The molecule has 3 aromatic heterocycles. The molecule has 3 aromatic rings. The van der Waals surface area contributed by atoms with Gasteiger partial charge in [0.2, 0.25) is 5.91 Å². The van der Waals surface area contributed by atoms with Gasteiger partial charge in [0.05, 0.1) is 36.8 Å². The third-order valence-corrected chi connectivity index (χ3v) is 4.62. The van der Waals surface area contributed by atoms with E-state index in [0.29, 0.717) is 25.5 Å². The summed E-state index contributed by atoms with van der Waals surface area (Å²) in [6.45, 7) is 3.77. The van der Waals surface area contributed by atoms with Crippen LogP contribution < -0.4 is 4.74 Å². The molecule has 0 bridgehead atoms. The molecule has 7 nitrogen and oxygen atoms in total. The standard InChI is InChI=1S/C19H20N4O3/c1-14-19-21-11-15(13-26-17-4-2-6-20-12-17)23(19)8-7-22(14)18(24)10-16-5-3-9-25-16/h2-6,9,11-12,14H,7-8,10,13H2,1H3/t14-/m1/s1. The van der Waals surface area contributed by atoms with Gasteiger partial charge in [-0.3, -0.25) is 9.78 Å². The fraction of sp³-hybridized carbons (Fsp3) is 0.316. The summed E-state index contributed by atoms with van der Waals surface area (Å²) in [4.78, 5) is 23.0. The molecule has 0 unspecified atom stereocenters. The first-order chi connectivity index (χ1) is 12.7. The second kappa shape index (κ2) is 7.03. The number of hydrogen-bond donors (Lipinski definition) is 0. The van der Waals surface area contributed by atoms with E-state index in [1.54, 1.807) is 24.7 Å². The third kappa shape index (κ3) is 3.20. The van der Waals surface area contributed by atoms with Crippen LogP contribution in [-0.4, -0.2) is 31.9 Å². The molecule has 0 N–H and O–H groups in total. The van der Waals surface area contributed by atoms with Crippen LogP contribution in [0.2, 0.25) is 0 Å². The Hall–Kier alpha value is -3.09. The topological polar surface area (TPSA) is 73.4 Å². The predicted octanol–water partition coefficient (Wildman–Crippen LogP) is 2.60. The van der Waals surface area contributed by atoms with E-state index in [2.05, 4.69) is 14.5 Å². The maximum Gasteiger partial charge on any atom is 0.230 e. The van der Waals surface area contributed by atoms with Gasteiger partial charge in [-0.05, 0) is 31.2 Å². The van der Waals surface area contributed by atoms with Crippen LogP contribution in [0.15, 0.2) is 53.5 Å². The zero-order valence-electron chi connectivity index (χ0n) is 14.5. The number of imidazole rings is 1. The Balaban J connectivity index is 1.45. The molecule has 1 aliphatic rings. The van der Waals surface area contributed by atoms with Crippen molar-refractivity contribution in [2.45, 2.75) is 32.5 Å². The zero-order chi connectivity index (χ0) is 17.9. The monoisotopic (exact) mass is 352 g/mol. The van der Waals surface area contributed by atoms with E-state index in [4.69, 9.17) is 9.15 Å². The van der Waals surface area contributed by atoms with Gasteiger partial charge in [0.15, 0.2) is 0 Å². The van der Waals surface area contributed by atoms with Gasteiger partial charge in [0, 0.05) is 19.3 Å². The molecule has 0 spiro atoms. The van der Waals surface area contributed by atoms with E-state index < -0.39 is 0 Å². The van der Waals surface area contributed by atoms with Crippen molar-refractivity contribution in [2.24, 2.45) is 0 Å². The Morgan fingerprint density at radius 1 is 1.31 bits per heavy atom. The van der Waals surface area contributed by atoms with Gasteiger partial charge >= 0.3 is 0 Å². The van der Waals surface area contributed by atoms with Crippen molar-refractivity contribution >= 4 is 5.91 Å². The summed E-state index contributed by atoms with van der Waals surface area (Å²) in [6, 6.07) is 7.24. The van der Waals surface area contributed by atoms with Gasteiger partial charge in [-0.25, -0.2) is 4.98 Å². The first-order valence-electron chi connectivity index (χ1n) is 8.61. The number of ether oxygens (including phenoxy) is 1. The summed E-state index contributed by atoms with van der Waals surface area (Å²) in [5.74, 6) is 2.34. The third-order valence-electron chi connectivity index (χ3n) is 4.62. The van der Waals surface area contributed by atoms with Crippen molar-refractivity contribution < 1.29 is 13.9 Å². The molecule has 4 rings (SSSR count). The van der Waals surface area contributed by atoms with E-state index in [9.17, 15) is 4.79 Å². The number of amides is 1. The highest BCUT2D eigenvalue weighted by atomic mass is 16.5. The molecule has 0 aliphatic carbocycles. The normalized spacial score (nSPS) is 16.3. The van der Waals surface area contributed by atoms with Gasteiger partial charge in [-0.2, -0.15) is 0 Å². The molecule has 0 fully saturated rings. The van der Waals surface area contributed by atoms with E-state index in [1.807, 2.05) is 36.2 Å². The molecule has 0 saturated carbocycles. The number of furan rings is 1. The zero-order valence-corrected chi connectivity index (χ0v) is 14.5. The molecule has 1 amide bonds. The van der Waals surface area contributed by atoms with Crippen LogP contribution in [0.5, 0.6) is 5.75 Å². The number of fused-ring (bicyclic) bond motifs is 1. The Bertz CT molecular complexity index is 874. The quantitative estimate of drug-likeness (QED) is 0.706. The number of pyridine rings is 1. The first kappa shape index (κ1) is 16.4. The minimum absolute atomic E-state index is 0.0508. The lowest BCUT2D eigenvalue weighted by atomic mass is 10.1. The fourth-order valence-corrected chi connectivity index (χ4v) is 3.27. The number of carbonyl (C=O) groups is 1. The Morgan fingerprint density at radius 2 is 2.23 bits per heavy atom. The van der Waals surface area contributed by atoms with Crippen molar-refractivity contribution in [2.75, 3.05) is 6.54 Å². The van der Waals surface area contributed by atoms with Crippen molar-refractivity contribution in [3.8, 4) is 5.75 Å². The highest BCUT2D eigenvalue weighted by Gasteiger charge is 2.30. The maximum absolute atomic E-state index is 12.6. The molecular weight excluding hydrogens is 332 g/mol. The van der Waals surface area contributed by atoms with Crippen LogP contribution in [0.4, 0.5) is 0 Å². The van der Waals surface area contributed by atoms with Crippen LogP contribution in [0, 0.1) is 0 Å². The minimum Gasteiger partial charge on any atom is -0.486 e. The molecule has 1 aliphatic heterocycles. The Labute approximate surface area is 151 Å². The van der Waals surface area contributed by atoms with E-state index in [1.165, 1.54) is 0 Å². The van der Waals surface area contributed by atoms with Crippen LogP contribution in [0.3, 0.4) is 0 Å². The molecule has 0 saturated heterocycles. The second-order valence-electron chi connectivity index (χ2n) is 6.26. The Kier molecular flexibility index (Phi) is 4.43. The van der Waals surface area contributed by atoms with Gasteiger partial charge in [0.1, 0.15) is 23.9 Å². The summed E-state index contributed by atoms with van der Waals surface area (Å²) < 4.78 is 13.2. The lowest BCUT2D eigenvalue weighted by molar-refractivity contribution is -0.134. The number of rotatable bonds is 5. The lowest BCUT2D eigenvalue weighted by Gasteiger charge is -2.34. The molecular formula is C19H20N4O3. The summed E-state index contributed by atoms with van der Waals surface area (Å²) >= 11 is 0. The molecule has 4 heterocycles. The smallest absolute Gasteiger partial charge is 0.230 e. The van der Waals surface area contributed by atoms with Gasteiger partial charge in [-0.15, -0.1) is 0 Å². The van der Waals surface area contributed by atoms with Crippen LogP contribution in [-0.2, 0) is 24.4 Å². The number of aromatic nitrogens is 3. The van der Waals surface area contributed by atoms with Gasteiger partial charge in [-0.1, -0.05) is 0 Å². The molecule has 7 heteroatoms. The highest BCUT2D eigenvalue weighted by Crippen LogP contribution is 2.26. The van der Waals surface area contributed by atoms with E-state index >= 15 is 0 Å². The van der Waals surface area contributed by atoms with E-state index in [-0.39, 0.29) is 18.4 Å². The van der Waals surface area contributed by atoms with Crippen molar-refractivity contribution in [3.63, 3.8) is 0 Å². The molecule has 0 radical (unpaired) electrons. The molecule has 0 aromatic carbocycles. The summed E-state index contributed by atoms with van der Waals surface area (Å²) in [5.41, 5.74) is 0.994. The number of nitrogens with zero attached hydrogens (tertiary/aromatic N) is 4. The predicted molar refractivity (Wildman–Crippen MR) is 93.3 cm³/mol. The summed E-state index contributed by atoms with van der Waals surface area (Å²) in [5, 5.41) is 0. The minimum atomic E-state index is -0.0849. The molecule has 26 heavy (non-hydrogen) atoms. The molecule has 134 valence electrons. The summed E-state index contributed by atoms with van der Waals surface area (Å²) in [6.07, 6.45) is 7.08. The Morgan fingerprint density at radius 3 is 3.00 bits per heavy atom. The van der Waals surface area contributed by atoms with Crippen molar-refractivity contribution in [1.82, 2.24) is 19.4 Å². The lowest BCUT2D eigenvalue weighted by Crippen LogP contribution is -2.42. The first-order valence-corrected chi connectivity index (χ1v) is 8.61. The van der Waals surface area contributed by atoms with Crippen molar-refractivity contribution in [1.29, 1.82) is 0 Å². The largest absolute Gasteiger partial charge is 0.486 e. The summed E-state index contributed by atoms with van der Waals surface area (Å²) in [7, 11) is 0. The van der Waals surface area contributed by atoms with Crippen LogP contribution in [0.25, 0.3) is 0 Å². The van der Waals surface area contributed by atoms with Gasteiger partial charge < -0.3 is 18.6 Å². The number of hydrogen-bond acceptors (Lipinski definition) is 5. The fourth-order valence-electron chi connectivity index (χ4n) is 3.27. The van der Waals surface area contributed by atoms with E-state index in [0.717, 1.165) is 17.3 Å². The second-order valence-corrected chi connectivity index (χ2v) is 6.26. The van der Waals surface area contributed by atoms with Gasteiger partial charge in [0.25, 0.3) is 0 Å². The average Bonchev–Trinajstić information content (AvgIpc) is 3.31. The number of carbonyl (C=O) groups excluding carboxylic acids is 1. The van der Waals surface area contributed by atoms with Crippen LogP contribution in [0.1, 0.15) is 30.2 Å². The SMILES string of the molecule is C[C@@H]1c2ncc(COc3cccnc3)n2CCN1C(=O)Cc1ccco1. The highest BCUT2D eigenvalue weighted by molar-refractivity contribution is 5.78.